The summed E-state index contributed by atoms with van der Waals surface area (Å²) >= 11 is 0. The van der Waals surface area contributed by atoms with E-state index in [0.29, 0.717) is 31.4 Å². The van der Waals surface area contributed by atoms with E-state index in [4.69, 9.17) is 9.63 Å². The lowest BCUT2D eigenvalue weighted by atomic mass is 9.96. The van der Waals surface area contributed by atoms with Gasteiger partial charge >= 0.3 is 5.97 Å². The number of aromatic nitrogens is 1. The first-order valence-corrected chi connectivity index (χ1v) is 9.60. The van der Waals surface area contributed by atoms with Crippen molar-refractivity contribution in [3.05, 3.63) is 11.5 Å². The Hall–Kier alpha value is -1.94. The van der Waals surface area contributed by atoms with Crippen LogP contribution in [0.1, 0.15) is 37.1 Å². The number of amides is 1. The zero-order chi connectivity index (χ0) is 18.4. The second kappa shape index (κ2) is 6.10. The highest BCUT2D eigenvalue weighted by molar-refractivity contribution is 7.89. The highest BCUT2D eigenvalue weighted by Gasteiger charge is 2.52. The molecule has 0 unspecified atom stereocenters. The number of aryl methyl sites for hydroxylation is 2. The van der Waals surface area contributed by atoms with Crippen LogP contribution < -0.4 is 5.32 Å². The fraction of sp³-hybridized carbons (Fsp3) is 0.667. The normalized spacial score (nSPS) is 21.0. The van der Waals surface area contributed by atoms with Gasteiger partial charge in [0.15, 0.2) is 5.76 Å². The van der Waals surface area contributed by atoms with Gasteiger partial charge in [-0.05, 0) is 39.5 Å². The molecule has 1 saturated heterocycles. The monoisotopic (exact) mass is 371 g/mol. The Bertz CT molecular complexity index is 784. The van der Waals surface area contributed by atoms with Crippen LogP contribution in [0.3, 0.4) is 0 Å². The van der Waals surface area contributed by atoms with E-state index in [0.717, 1.165) is 0 Å². The molecule has 9 nitrogen and oxygen atoms in total. The maximum atomic E-state index is 12.7. The van der Waals surface area contributed by atoms with Crippen molar-refractivity contribution < 1.29 is 27.6 Å². The first kappa shape index (κ1) is 17.9. The van der Waals surface area contributed by atoms with E-state index in [1.165, 1.54) is 4.31 Å². The third-order valence-corrected chi connectivity index (χ3v) is 7.06. The third kappa shape index (κ3) is 3.15. The number of sulfonamides is 1. The van der Waals surface area contributed by atoms with Crippen LogP contribution in [0.5, 0.6) is 0 Å². The Morgan fingerprint density at radius 3 is 2.32 bits per heavy atom. The van der Waals surface area contributed by atoms with E-state index in [-0.39, 0.29) is 35.6 Å². The summed E-state index contributed by atoms with van der Waals surface area (Å²) in [6.07, 6.45) is 1.58. The molecule has 2 heterocycles. The number of nitrogens with one attached hydrogen (secondary N) is 1. The van der Waals surface area contributed by atoms with E-state index >= 15 is 0 Å². The zero-order valence-corrected chi connectivity index (χ0v) is 14.9. The Morgan fingerprint density at radius 2 is 1.88 bits per heavy atom. The lowest BCUT2D eigenvalue weighted by Gasteiger charge is -2.31. The van der Waals surface area contributed by atoms with Gasteiger partial charge in [-0.15, -0.1) is 0 Å². The highest BCUT2D eigenvalue weighted by Crippen LogP contribution is 2.36. The fourth-order valence-corrected chi connectivity index (χ4v) is 4.95. The Kier molecular flexibility index (Phi) is 4.36. The van der Waals surface area contributed by atoms with Gasteiger partial charge in [-0.3, -0.25) is 4.79 Å². The van der Waals surface area contributed by atoms with Gasteiger partial charge in [0.05, 0.1) is 0 Å². The summed E-state index contributed by atoms with van der Waals surface area (Å²) in [5.41, 5.74) is -0.800. The van der Waals surface area contributed by atoms with Gasteiger partial charge in [-0.1, -0.05) is 5.16 Å². The number of carbonyl (C=O) groups is 2. The van der Waals surface area contributed by atoms with Crippen LogP contribution in [0.2, 0.25) is 0 Å². The van der Waals surface area contributed by atoms with Gasteiger partial charge < -0.3 is 14.9 Å². The molecule has 25 heavy (non-hydrogen) atoms. The van der Waals surface area contributed by atoms with E-state index in [2.05, 4.69) is 10.5 Å². The van der Waals surface area contributed by atoms with Crippen LogP contribution >= 0.6 is 0 Å². The fourth-order valence-electron chi connectivity index (χ4n) is 3.19. The van der Waals surface area contributed by atoms with Gasteiger partial charge in [0.2, 0.25) is 15.9 Å². The first-order chi connectivity index (χ1) is 11.7. The molecular formula is C15H21N3O6S. The second-order valence-electron chi connectivity index (χ2n) is 6.71. The van der Waals surface area contributed by atoms with Gasteiger partial charge in [0.25, 0.3) is 0 Å². The Labute approximate surface area is 145 Å². The maximum absolute atomic E-state index is 12.7. The number of hydrogen-bond donors (Lipinski definition) is 2. The van der Waals surface area contributed by atoms with E-state index in [9.17, 15) is 18.0 Å². The van der Waals surface area contributed by atoms with Gasteiger partial charge in [0, 0.05) is 19.0 Å². The molecular weight excluding hydrogens is 350 g/mol. The van der Waals surface area contributed by atoms with E-state index in [1.54, 1.807) is 13.8 Å². The molecule has 0 spiro atoms. The molecule has 10 heteroatoms. The van der Waals surface area contributed by atoms with Crippen LogP contribution in [-0.4, -0.2) is 53.5 Å². The molecule has 1 amide bonds. The van der Waals surface area contributed by atoms with E-state index in [1.807, 2.05) is 0 Å². The van der Waals surface area contributed by atoms with Crippen LogP contribution in [0, 0.1) is 19.8 Å². The number of piperidine rings is 1. The summed E-state index contributed by atoms with van der Waals surface area (Å²) in [6, 6.07) is 0. The minimum atomic E-state index is -3.71. The van der Waals surface area contributed by atoms with Crippen LogP contribution in [0.25, 0.3) is 0 Å². The largest absolute Gasteiger partial charge is 0.480 e. The predicted octanol–water partition coefficient (Wildman–Crippen LogP) is 0.426. The smallest absolute Gasteiger partial charge is 0.329 e. The maximum Gasteiger partial charge on any atom is 0.329 e. The zero-order valence-electron chi connectivity index (χ0n) is 14.1. The Morgan fingerprint density at radius 1 is 1.28 bits per heavy atom. The SMILES string of the molecule is Cc1noc(C)c1S(=O)(=O)N1CCC(C(=O)NC2(C(=O)O)CC2)CC1. The molecule has 1 aromatic rings. The molecule has 2 aliphatic rings. The van der Waals surface area contributed by atoms with Gasteiger partial charge in [0.1, 0.15) is 16.1 Å². The van der Waals surface area contributed by atoms with Crippen molar-refractivity contribution in [1.82, 2.24) is 14.8 Å². The summed E-state index contributed by atoms with van der Waals surface area (Å²) in [5.74, 6) is -1.46. The van der Waals surface area contributed by atoms with Gasteiger partial charge in [-0.2, -0.15) is 4.31 Å². The average Bonchev–Trinajstić information content (AvgIpc) is 3.26. The minimum absolute atomic E-state index is 0.0817. The second-order valence-corrected chi connectivity index (χ2v) is 8.58. The lowest BCUT2D eigenvalue weighted by molar-refractivity contribution is -0.144. The van der Waals surface area contributed by atoms with E-state index < -0.39 is 21.5 Å². The predicted molar refractivity (Wildman–Crippen MR) is 85.2 cm³/mol. The first-order valence-electron chi connectivity index (χ1n) is 8.16. The molecule has 138 valence electrons. The third-order valence-electron chi connectivity index (χ3n) is 4.91. The van der Waals surface area contributed by atoms with Crippen LogP contribution in [0.15, 0.2) is 9.42 Å². The van der Waals surface area contributed by atoms with Crippen molar-refractivity contribution in [3.8, 4) is 0 Å². The van der Waals surface area contributed by atoms with Crippen molar-refractivity contribution in [1.29, 1.82) is 0 Å². The Balaban J connectivity index is 1.64. The van der Waals surface area contributed by atoms with Crippen LogP contribution in [-0.2, 0) is 19.6 Å². The summed E-state index contributed by atoms with van der Waals surface area (Å²) in [4.78, 5) is 23.5. The minimum Gasteiger partial charge on any atom is -0.480 e. The van der Waals surface area contributed by atoms with Crippen LogP contribution in [0.4, 0.5) is 0 Å². The topological polar surface area (TPSA) is 130 Å². The number of carboxylic acids is 1. The average molecular weight is 371 g/mol. The number of nitrogens with zero attached hydrogens (tertiary/aromatic N) is 2. The standard InChI is InChI=1S/C15H21N3O6S/c1-9-12(10(2)24-17-9)25(22,23)18-7-3-11(4-8-18)13(19)16-15(5-6-15)14(20)21/h11H,3-8H2,1-2H3,(H,16,19)(H,20,21). The number of carboxylic acid groups (broad SMARTS) is 1. The number of carbonyl (C=O) groups excluding carboxylic acids is 1. The van der Waals surface area contributed by atoms with Crippen molar-refractivity contribution >= 4 is 21.9 Å². The summed E-state index contributed by atoms with van der Waals surface area (Å²) in [5, 5.41) is 15.4. The quantitative estimate of drug-likeness (QED) is 0.767. The molecule has 1 aliphatic carbocycles. The molecule has 1 aliphatic heterocycles. The molecule has 0 radical (unpaired) electrons. The van der Waals surface area contributed by atoms with Crippen molar-refractivity contribution in [2.75, 3.05) is 13.1 Å². The highest BCUT2D eigenvalue weighted by atomic mass is 32.2. The number of rotatable bonds is 5. The molecule has 0 atom stereocenters. The molecule has 1 aromatic heterocycles. The van der Waals surface area contributed by atoms with Crippen molar-refractivity contribution in [3.63, 3.8) is 0 Å². The molecule has 3 rings (SSSR count). The number of hydrogen-bond acceptors (Lipinski definition) is 6. The summed E-state index contributed by atoms with van der Waals surface area (Å²) < 4.78 is 31.8. The lowest BCUT2D eigenvalue weighted by Crippen LogP contribution is -2.48. The summed E-state index contributed by atoms with van der Waals surface area (Å²) in [6.45, 7) is 3.52. The number of aliphatic carboxylic acids is 1. The van der Waals surface area contributed by atoms with Crippen molar-refractivity contribution in [2.45, 2.75) is 50.0 Å². The molecule has 1 saturated carbocycles. The van der Waals surface area contributed by atoms with Gasteiger partial charge in [-0.25, -0.2) is 13.2 Å². The molecule has 0 bridgehead atoms. The van der Waals surface area contributed by atoms with Crippen molar-refractivity contribution in [2.24, 2.45) is 5.92 Å². The summed E-state index contributed by atoms with van der Waals surface area (Å²) in [7, 11) is -3.71. The molecule has 2 N–H and O–H groups in total. The molecule has 0 aromatic carbocycles. The molecule has 2 fully saturated rings.